The van der Waals surface area contributed by atoms with Crippen LogP contribution < -0.4 is 26.0 Å². The van der Waals surface area contributed by atoms with Crippen molar-refractivity contribution in [3.05, 3.63) is 42.5 Å². The Morgan fingerprint density at radius 2 is 1.62 bits per heavy atom. The minimum Gasteiger partial charge on any atom is -0.497 e. The molecule has 5 fully saturated rings. The first-order chi connectivity index (χ1) is 28.2. The summed E-state index contributed by atoms with van der Waals surface area (Å²) in [4.78, 5) is 71.8. The number of urea groups is 1. The summed E-state index contributed by atoms with van der Waals surface area (Å²) >= 11 is 0. The van der Waals surface area contributed by atoms with Gasteiger partial charge in [0.05, 0.1) is 24.4 Å². The van der Waals surface area contributed by atoms with Crippen LogP contribution in [0, 0.1) is 34.0 Å². The number of benzene rings is 1. The Morgan fingerprint density at radius 3 is 2.20 bits per heavy atom. The topological polar surface area (TPSA) is 183 Å². The summed E-state index contributed by atoms with van der Waals surface area (Å²) in [7, 11) is -2.26. The number of methoxy groups -OCH3 is 1. The largest absolute Gasteiger partial charge is 0.497 e. The zero-order chi connectivity index (χ0) is 43.8. The number of sulfonamides is 1. The third-order valence-corrected chi connectivity index (χ3v) is 16.9. The number of fused-ring (bicyclic) bond motifs is 1. The van der Waals surface area contributed by atoms with Gasteiger partial charge in [0, 0.05) is 26.2 Å². The van der Waals surface area contributed by atoms with Gasteiger partial charge < -0.3 is 30.9 Å². The van der Waals surface area contributed by atoms with E-state index in [-0.39, 0.29) is 42.2 Å². The Balaban J connectivity index is 1.22. The number of hydrogen-bond donors (Lipinski definition) is 4. The molecule has 2 heterocycles. The molecular weight excluding hydrogens is 785 g/mol. The number of carbonyl (C=O) groups excluding carboxylic acids is 5. The molecule has 3 aliphatic carbocycles. The van der Waals surface area contributed by atoms with Gasteiger partial charge in [-0.15, -0.1) is 6.58 Å². The van der Waals surface area contributed by atoms with E-state index in [4.69, 9.17) is 4.74 Å². The minimum absolute atomic E-state index is 0.0428. The van der Waals surface area contributed by atoms with E-state index in [1.54, 1.807) is 24.1 Å². The zero-order valence-electron chi connectivity index (χ0n) is 36.7. The van der Waals surface area contributed by atoms with E-state index < -0.39 is 73.9 Å². The van der Waals surface area contributed by atoms with Gasteiger partial charge in [0.15, 0.2) is 0 Å². The van der Waals surface area contributed by atoms with E-state index in [1.165, 1.54) is 10.4 Å². The number of piperidine rings is 1. The molecule has 3 saturated carbocycles. The number of amides is 5. The van der Waals surface area contributed by atoms with Crippen molar-refractivity contribution < 1.29 is 37.1 Å². The fourth-order valence-corrected chi connectivity index (χ4v) is 12.8. The Kier molecular flexibility index (Phi) is 13.5. The predicted octanol–water partition coefficient (Wildman–Crippen LogP) is 4.68. The van der Waals surface area contributed by atoms with Crippen LogP contribution in [0.25, 0.3) is 0 Å². The van der Waals surface area contributed by atoms with Crippen molar-refractivity contribution in [3.63, 3.8) is 0 Å². The van der Waals surface area contributed by atoms with Crippen LogP contribution in [0.4, 0.5) is 4.79 Å². The highest BCUT2D eigenvalue weighted by atomic mass is 32.2. The number of nitrogens with zero attached hydrogens (tertiary/aromatic N) is 2. The van der Waals surface area contributed by atoms with Crippen LogP contribution in [-0.2, 0) is 35.7 Å². The smallest absolute Gasteiger partial charge is 0.315 e. The number of hydrogen-bond acceptors (Lipinski definition) is 8. The summed E-state index contributed by atoms with van der Waals surface area (Å²) in [5, 5.41) is 10.7. The van der Waals surface area contributed by atoms with Crippen LogP contribution in [0.3, 0.4) is 0 Å². The molecule has 332 valence electrons. The molecule has 1 aromatic rings. The van der Waals surface area contributed by atoms with Crippen molar-refractivity contribution in [1.82, 2.24) is 30.5 Å². The lowest BCUT2D eigenvalue weighted by Crippen LogP contribution is -2.64. The Bertz CT molecular complexity index is 1900. The molecule has 14 nitrogen and oxygen atoms in total. The van der Waals surface area contributed by atoms with E-state index in [1.807, 2.05) is 39.8 Å². The number of ether oxygens (including phenoxy) is 1. The average Bonchev–Trinajstić information content (AvgIpc) is 3.42. The van der Waals surface area contributed by atoms with Crippen LogP contribution in [-0.4, -0.2) is 103 Å². The van der Waals surface area contributed by atoms with Gasteiger partial charge >= 0.3 is 6.03 Å². The second-order valence-electron chi connectivity index (χ2n) is 20.0. The molecule has 0 aromatic heterocycles. The second kappa shape index (κ2) is 17.8. The van der Waals surface area contributed by atoms with E-state index >= 15 is 4.79 Å². The summed E-state index contributed by atoms with van der Waals surface area (Å²) in [5.74, 6) is -1.56. The van der Waals surface area contributed by atoms with Gasteiger partial charge in [-0.2, -0.15) is 4.31 Å². The van der Waals surface area contributed by atoms with Crippen molar-refractivity contribution in [2.24, 2.45) is 34.0 Å². The number of Topliss-reactive ketones (excluding diaryl/α,β-unsaturated/α-hetero) is 1. The van der Waals surface area contributed by atoms with Gasteiger partial charge in [-0.05, 0) is 77.4 Å². The Morgan fingerprint density at radius 1 is 0.950 bits per heavy atom. The van der Waals surface area contributed by atoms with Gasteiger partial charge in [-0.1, -0.05) is 98.3 Å². The highest BCUT2D eigenvalue weighted by Crippen LogP contribution is 2.65. The number of carbonyl (C=O) groups is 5. The van der Waals surface area contributed by atoms with Gasteiger partial charge in [-0.25, -0.2) is 13.2 Å². The molecule has 6 rings (SSSR count). The van der Waals surface area contributed by atoms with Gasteiger partial charge in [0.1, 0.15) is 17.8 Å². The molecule has 2 aliphatic heterocycles. The lowest BCUT2D eigenvalue weighted by atomic mass is 9.70. The molecule has 2 saturated heterocycles. The molecule has 4 N–H and O–H groups in total. The second-order valence-corrected chi connectivity index (χ2v) is 22.2. The molecule has 5 aliphatic rings. The van der Waals surface area contributed by atoms with Gasteiger partial charge in [0.2, 0.25) is 27.6 Å². The molecular formula is C45H68N6O8S. The van der Waals surface area contributed by atoms with E-state index in [9.17, 15) is 27.6 Å². The van der Waals surface area contributed by atoms with Gasteiger partial charge in [-0.3, -0.25) is 19.2 Å². The summed E-state index contributed by atoms with van der Waals surface area (Å²) < 4.78 is 35.0. The van der Waals surface area contributed by atoms with Crippen molar-refractivity contribution in [2.75, 3.05) is 26.7 Å². The molecule has 0 radical (unpaired) electrons. The maximum Gasteiger partial charge on any atom is 0.315 e. The third kappa shape index (κ3) is 9.41. The Labute approximate surface area is 356 Å². The van der Waals surface area contributed by atoms with Crippen molar-refractivity contribution in [3.8, 4) is 5.75 Å². The zero-order valence-corrected chi connectivity index (χ0v) is 37.5. The quantitative estimate of drug-likeness (QED) is 0.137. The average molecular weight is 853 g/mol. The maximum absolute atomic E-state index is 15.1. The first-order valence-corrected chi connectivity index (χ1v) is 23.5. The van der Waals surface area contributed by atoms with Crippen molar-refractivity contribution >= 4 is 39.6 Å². The molecule has 0 bridgehead atoms. The Hall–Kier alpha value is -3.98. The SMILES string of the molecule is C=CCNC(=O)C(=O)C(CC1CCC1)NC(=O)[C@@H]1[C@@H]2[C@H](CN1C(=O)[C@@H](NC(=O)N[C@H]([C@H]1CCN(Cc3ccc(OC)cc3)S1(=O)=O)C(C)(C)C)C1(C)CCCCC1)C2(C)C. The standard InChI is InChI=1S/C45H68N6O8S/c1-9-23-46-40(54)36(52)32(25-28-14-13-15-28)47-39(53)35-34-31(44(34,5)6)27-51(35)41(55)38(45(7)21-11-10-12-22-45)49-42(56)48-37(43(2,3)4)33-20-24-50(60(33,57)58)26-29-16-18-30(59-8)19-17-29/h9,16-19,28,31-35,37-38H,1,10-15,20-27H2,2-8H3,(H,46,54)(H,47,53)(H2,48,49,56)/t31-,32?,33+,34-,35-,37+,38+/m0/s1. The first-order valence-electron chi connectivity index (χ1n) is 22.0. The van der Waals surface area contributed by atoms with Crippen molar-refractivity contribution in [2.45, 2.75) is 142 Å². The fraction of sp³-hybridized carbons (Fsp3) is 0.711. The highest BCUT2D eigenvalue weighted by Gasteiger charge is 2.70. The molecule has 1 unspecified atom stereocenters. The lowest BCUT2D eigenvalue weighted by Gasteiger charge is -2.44. The van der Waals surface area contributed by atoms with Crippen LogP contribution >= 0.6 is 0 Å². The molecule has 0 spiro atoms. The monoisotopic (exact) mass is 852 g/mol. The van der Waals surface area contributed by atoms with Gasteiger partial charge in [0.25, 0.3) is 5.91 Å². The molecule has 7 atom stereocenters. The maximum atomic E-state index is 15.1. The fourth-order valence-electron chi connectivity index (χ4n) is 10.5. The van der Waals surface area contributed by atoms with Crippen LogP contribution in [0.2, 0.25) is 0 Å². The van der Waals surface area contributed by atoms with Crippen LogP contribution in [0.1, 0.15) is 111 Å². The molecule has 1 aromatic carbocycles. The summed E-state index contributed by atoms with van der Waals surface area (Å²) in [6, 6.07) is 2.93. The summed E-state index contributed by atoms with van der Waals surface area (Å²) in [6.45, 7) is 16.4. The van der Waals surface area contributed by atoms with E-state index in [0.717, 1.165) is 44.1 Å². The van der Waals surface area contributed by atoms with Crippen LogP contribution in [0.15, 0.2) is 36.9 Å². The molecule has 5 amide bonds. The van der Waals surface area contributed by atoms with E-state index in [2.05, 4.69) is 41.7 Å². The molecule has 60 heavy (non-hydrogen) atoms. The minimum atomic E-state index is -3.84. The number of likely N-dealkylation sites (tertiary alicyclic amines) is 1. The first kappa shape index (κ1) is 45.5. The third-order valence-electron chi connectivity index (χ3n) is 14.5. The number of nitrogens with one attached hydrogen (secondary N) is 4. The predicted molar refractivity (Wildman–Crippen MR) is 229 cm³/mol. The van der Waals surface area contributed by atoms with E-state index in [0.29, 0.717) is 44.5 Å². The van der Waals surface area contributed by atoms with Crippen LogP contribution in [0.5, 0.6) is 5.75 Å². The lowest BCUT2D eigenvalue weighted by molar-refractivity contribution is -0.146. The molecule has 15 heteroatoms. The number of rotatable bonds is 16. The number of ketones is 1. The highest BCUT2D eigenvalue weighted by molar-refractivity contribution is 7.90. The van der Waals surface area contributed by atoms with Crippen molar-refractivity contribution in [1.29, 1.82) is 0 Å². The summed E-state index contributed by atoms with van der Waals surface area (Å²) in [6.07, 6.45) is 9.14. The normalized spacial score (nSPS) is 26.9. The summed E-state index contributed by atoms with van der Waals surface area (Å²) in [5.41, 5.74) is -0.699.